The molecule has 0 fully saturated rings. The second-order valence-corrected chi connectivity index (χ2v) is 2.48. The van der Waals surface area contributed by atoms with Crippen molar-refractivity contribution in [1.29, 1.82) is 0 Å². The Bertz CT molecular complexity index is 235. The Balaban J connectivity index is 2.69. The minimum Gasteiger partial charge on any atom is -0.294 e. The number of carbonyl (C=O) groups is 1. The number of aromatic nitrogens is 1. The number of hydrogen-bond acceptors (Lipinski definition) is 2. The number of halogens is 1. The van der Waals surface area contributed by atoms with Crippen molar-refractivity contribution in [3.05, 3.63) is 30.1 Å². The molecule has 1 rings (SSSR count). The molecule has 0 aliphatic rings. The summed E-state index contributed by atoms with van der Waals surface area (Å²) in [5.41, 5.74) is 0.633. The predicted molar refractivity (Wildman–Crippen MR) is 43.9 cm³/mol. The van der Waals surface area contributed by atoms with Gasteiger partial charge in [-0.3, -0.25) is 9.78 Å². The largest absolute Gasteiger partial charge is 0.294 e. The van der Waals surface area contributed by atoms with Gasteiger partial charge in [0.2, 0.25) is 0 Å². The molecule has 11 heavy (non-hydrogen) atoms. The Morgan fingerprint density at radius 2 is 2.45 bits per heavy atom. The van der Waals surface area contributed by atoms with E-state index in [9.17, 15) is 4.79 Å². The summed E-state index contributed by atoms with van der Waals surface area (Å²) in [5.74, 6) is 0.418. The van der Waals surface area contributed by atoms with Crippen LogP contribution in [0, 0.1) is 0 Å². The highest BCUT2D eigenvalue weighted by Crippen LogP contribution is 2.01. The van der Waals surface area contributed by atoms with E-state index in [0.717, 1.165) is 0 Å². The molecule has 58 valence electrons. The molecule has 1 aromatic heterocycles. The third-order valence-corrected chi connectivity index (χ3v) is 1.49. The van der Waals surface area contributed by atoms with Crippen LogP contribution in [-0.4, -0.2) is 16.6 Å². The Morgan fingerprint density at radius 1 is 1.64 bits per heavy atom. The summed E-state index contributed by atoms with van der Waals surface area (Å²) in [4.78, 5) is 14.9. The van der Waals surface area contributed by atoms with Crippen molar-refractivity contribution in [1.82, 2.24) is 4.98 Å². The fourth-order valence-corrected chi connectivity index (χ4v) is 0.930. The van der Waals surface area contributed by atoms with Gasteiger partial charge in [0.25, 0.3) is 0 Å². The topological polar surface area (TPSA) is 30.0 Å². The van der Waals surface area contributed by atoms with Gasteiger partial charge in [-0.1, -0.05) is 0 Å². The highest BCUT2D eigenvalue weighted by Gasteiger charge is 2.02. The van der Waals surface area contributed by atoms with Crippen molar-refractivity contribution in [3.8, 4) is 0 Å². The summed E-state index contributed by atoms with van der Waals surface area (Å²) in [6.07, 6.45) is 3.57. The standard InChI is InChI=1S/C8H8ClNO/c9-4-3-8(11)7-2-1-5-10-6-7/h1-2,5-6H,3-4H2. The predicted octanol–water partition coefficient (Wildman–Crippen LogP) is 1.89. The zero-order valence-corrected chi connectivity index (χ0v) is 6.71. The van der Waals surface area contributed by atoms with Crippen molar-refractivity contribution < 1.29 is 4.79 Å². The molecule has 1 heterocycles. The maximum absolute atomic E-state index is 11.1. The summed E-state index contributed by atoms with van der Waals surface area (Å²) < 4.78 is 0. The SMILES string of the molecule is O=C(CCCl)c1cccnc1. The second kappa shape index (κ2) is 4.09. The monoisotopic (exact) mass is 169 g/mol. The van der Waals surface area contributed by atoms with E-state index in [0.29, 0.717) is 17.9 Å². The second-order valence-electron chi connectivity index (χ2n) is 2.10. The fraction of sp³-hybridized carbons (Fsp3) is 0.250. The van der Waals surface area contributed by atoms with Crippen molar-refractivity contribution in [2.75, 3.05) is 5.88 Å². The molecular weight excluding hydrogens is 162 g/mol. The number of pyridine rings is 1. The first-order valence-corrected chi connectivity index (χ1v) is 3.87. The average molecular weight is 170 g/mol. The van der Waals surface area contributed by atoms with Crippen LogP contribution in [0.3, 0.4) is 0 Å². The lowest BCUT2D eigenvalue weighted by molar-refractivity contribution is 0.0989. The van der Waals surface area contributed by atoms with Crippen LogP contribution < -0.4 is 0 Å². The first kappa shape index (κ1) is 8.21. The summed E-state index contributed by atoms with van der Waals surface area (Å²) in [6.45, 7) is 0. The van der Waals surface area contributed by atoms with E-state index in [1.807, 2.05) is 0 Å². The van der Waals surface area contributed by atoms with Gasteiger partial charge in [0.15, 0.2) is 5.78 Å². The number of alkyl halides is 1. The molecule has 0 saturated heterocycles. The van der Waals surface area contributed by atoms with E-state index in [4.69, 9.17) is 11.6 Å². The van der Waals surface area contributed by atoms with Crippen LogP contribution >= 0.6 is 11.6 Å². The van der Waals surface area contributed by atoms with Gasteiger partial charge in [-0.2, -0.15) is 0 Å². The molecule has 0 amide bonds. The van der Waals surface area contributed by atoms with Crippen molar-refractivity contribution in [3.63, 3.8) is 0 Å². The molecule has 0 aliphatic heterocycles. The molecule has 0 aromatic carbocycles. The molecule has 1 aromatic rings. The van der Waals surface area contributed by atoms with Crippen LogP contribution in [-0.2, 0) is 0 Å². The third kappa shape index (κ3) is 2.31. The molecular formula is C8H8ClNO. The first-order valence-electron chi connectivity index (χ1n) is 3.34. The minimum absolute atomic E-state index is 0.0492. The Kier molecular flexibility index (Phi) is 3.05. The molecule has 0 radical (unpaired) electrons. The lowest BCUT2D eigenvalue weighted by Crippen LogP contribution is -1.99. The van der Waals surface area contributed by atoms with Gasteiger partial charge in [-0.25, -0.2) is 0 Å². The van der Waals surface area contributed by atoms with Crippen LogP contribution in [0.1, 0.15) is 16.8 Å². The Morgan fingerprint density at radius 3 is 3.00 bits per heavy atom. The van der Waals surface area contributed by atoms with E-state index in [1.54, 1.807) is 24.5 Å². The lowest BCUT2D eigenvalue weighted by atomic mass is 10.1. The highest BCUT2D eigenvalue weighted by atomic mass is 35.5. The molecule has 3 heteroatoms. The summed E-state index contributed by atoms with van der Waals surface area (Å²) in [6, 6.07) is 3.48. The van der Waals surface area contributed by atoms with Gasteiger partial charge in [-0.05, 0) is 12.1 Å². The van der Waals surface area contributed by atoms with Crippen LogP contribution in [0.15, 0.2) is 24.5 Å². The number of Topliss-reactive ketones (excluding diaryl/α,β-unsaturated/α-hetero) is 1. The normalized spacial score (nSPS) is 9.55. The molecule has 2 nitrogen and oxygen atoms in total. The van der Waals surface area contributed by atoms with Gasteiger partial charge in [0.05, 0.1) is 0 Å². The maximum atomic E-state index is 11.1. The molecule has 0 aliphatic carbocycles. The summed E-state index contributed by atoms with van der Waals surface area (Å²) in [7, 11) is 0. The van der Waals surface area contributed by atoms with Crippen LogP contribution in [0.4, 0.5) is 0 Å². The zero-order valence-electron chi connectivity index (χ0n) is 5.96. The summed E-state index contributed by atoms with van der Waals surface area (Å²) in [5, 5.41) is 0. The molecule has 0 unspecified atom stereocenters. The van der Waals surface area contributed by atoms with Gasteiger partial charge in [0.1, 0.15) is 0 Å². The lowest BCUT2D eigenvalue weighted by Gasteiger charge is -1.94. The molecule has 0 spiro atoms. The molecule has 0 saturated carbocycles. The van der Waals surface area contributed by atoms with E-state index in [-0.39, 0.29) is 5.78 Å². The highest BCUT2D eigenvalue weighted by molar-refractivity contribution is 6.19. The van der Waals surface area contributed by atoms with Gasteiger partial charge >= 0.3 is 0 Å². The van der Waals surface area contributed by atoms with Crippen molar-refractivity contribution in [2.45, 2.75) is 6.42 Å². The van der Waals surface area contributed by atoms with E-state index < -0.39 is 0 Å². The first-order chi connectivity index (χ1) is 5.34. The Labute approximate surface area is 70.2 Å². The summed E-state index contributed by atoms with van der Waals surface area (Å²) >= 11 is 5.41. The zero-order chi connectivity index (χ0) is 8.10. The third-order valence-electron chi connectivity index (χ3n) is 1.31. The number of nitrogens with zero attached hydrogens (tertiary/aromatic N) is 1. The number of hydrogen-bond donors (Lipinski definition) is 0. The number of carbonyl (C=O) groups excluding carboxylic acids is 1. The van der Waals surface area contributed by atoms with E-state index in [1.165, 1.54) is 0 Å². The van der Waals surface area contributed by atoms with Crippen LogP contribution in [0.25, 0.3) is 0 Å². The van der Waals surface area contributed by atoms with Crippen LogP contribution in [0.2, 0.25) is 0 Å². The molecule has 0 N–H and O–H groups in total. The van der Waals surface area contributed by atoms with Crippen molar-refractivity contribution >= 4 is 17.4 Å². The van der Waals surface area contributed by atoms with Crippen LogP contribution in [0.5, 0.6) is 0 Å². The van der Waals surface area contributed by atoms with Crippen molar-refractivity contribution in [2.24, 2.45) is 0 Å². The minimum atomic E-state index is 0.0492. The van der Waals surface area contributed by atoms with Gasteiger partial charge < -0.3 is 0 Å². The molecule has 0 atom stereocenters. The number of rotatable bonds is 3. The van der Waals surface area contributed by atoms with Gasteiger partial charge in [0, 0.05) is 30.3 Å². The number of ketones is 1. The van der Waals surface area contributed by atoms with E-state index >= 15 is 0 Å². The quantitative estimate of drug-likeness (QED) is 0.511. The van der Waals surface area contributed by atoms with Gasteiger partial charge in [-0.15, -0.1) is 11.6 Å². The Hall–Kier alpha value is -0.890. The fourth-order valence-electron chi connectivity index (χ4n) is 0.758. The molecule has 0 bridgehead atoms. The average Bonchev–Trinajstić information content (AvgIpc) is 2.07. The van der Waals surface area contributed by atoms with E-state index in [2.05, 4.69) is 4.98 Å². The maximum Gasteiger partial charge on any atom is 0.165 e. The smallest absolute Gasteiger partial charge is 0.165 e.